The molecule has 9 heavy (non-hydrogen) atoms. The molecule has 1 rings (SSSR count). The molecule has 1 aliphatic rings. The van der Waals surface area contributed by atoms with Gasteiger partial charge in [-0.3, -0.25) is 0 Å². The Hall–Kier alpha value is 0.170. The zero-order valence-electron chi connectivity index (χ0n) is 5.01. The van der Waals surface area contributed by atoms with Crippen molar-refractivity contribution < 1.29 is 14.2 Å². The average molecular weight is 153 g/mol. The molecule has 0 aromatic carbocycles. The second-order valence-corrected chi connectivity index (χ2v) is 2.02. The summed E-state index contributed by atoms with van der Waals surface area (Å²) in [6.07, 6.45) is -0.191. The van der Waals surface area contributed by atoms with Gasteiger partial charge in [0.25, 0.3) is 0 Å². The molecule has 1 aliphatic heterocycles. The van der Waals surface area contributed by atoms with E-state index in [9.17, 15) is 0 Å². The first-order valence-electron chi connectivity index (χ1n) is 2.80. The summed E-state index contributed by atoms with van der Waals surface area (Å²) < 4.78 is 14.9. The van der Waals surface area contributed by atoms with E-state index in [0.717, 1.165) is 0 Å². The highest BCUT2D eigenvalue weighted by atomic mass is 35.5. The van der Waals surface area contributed by atoms with Gasteiger partial charge in [-0.1, -0.05) is 0 Å². The lowest BCUT2D eigenvalue weighted by molar-refractivity contribution is -0.101. The molecule has 1 saturated heterocycles. The fraction of sp³-hybridized carbons (Fsp3) is 1.00. The molecule has 0 radical (unpaired) electrons. The molecule has 54 valence electrons. The van der Waals surface area contributed by atoms with Gasteiger partial charge in [0.2, 0.25) is 0 Å². The number of rotatable bonds is 3. The number of hydrogen-bond acceptors (Lipinski definition) is 3. The monoisotopic (exact) mass is 152 g/mol. The summed E-state index contributed by atoms with van der Waals surface area (Å²) in [5.41, 5.74) is 0. The highest BCUT2D eigenvalue weighted by Gasteiger charge is 2.15. The van der Waals surface area contributed by atoms with Crippen LogP contribution >= 0.6 is 11.6 Å². The van der Waals surface area contributed by atoms with Gasteiger partial charge in [-0.15, -0.1) is 11.6 Å². The van der Waals surface area contributed by atoms with Crippen LogP contribution in [0.3, 0.4) is 0 Å². The van der Waals surface area contributed by atoms with Crippen LogP contribution in [0.25, 0.3) is 0 Å². The van der Waals surface area contributed by atoms with Crippen LogP contribution in [0.4, 0.5) is 0 Å². The molecule has 0 amide bonds. The Morgan fingerprint density at radius 1 is 1.67 bits per heavy atom. The van der Waals surface area contributed by atoms with E-state index >= 15 is 0 Å². The van der Waals surface area contributed by atoms with Gasteiger partial charge in [0.05, 0.1) is 6.61 Å². The molecule has 1 unspecified atom stereocenters. The van der Waals surface area contributed by atoms with Crippen molar-refractivity contribution >= 4 is 11.6 Å². The molecule has 1 fully saturated rings. The minimum atomic E-state index is -0.191. The Morgan fingerprint density at radius 3 is 3.11 bits per heavy atom. The third kappa shape index (κ3) is 2.49. The number of hydrogen-bond donors (Lipinski definition) is 0. The molecule has 0 bridgehead atoms. The van der Waals surface area contributed by atoms with Gasteiger partial charge in [0.15, 0.2) is 6.29 Å². The van der Waals surface area contributed by atoms with E-state index in [2.05, 4.69) is 0 Å². The van der Waals surface area contributed by atoms with Gasteiger partial charge in [-0.25, -0.2) is 0 Å². The summed E-state index contributed by atoms with van der Waals surface area (Å²) in [4.78, 5) is 0. The van der Waals surface area contributed by atoms with E-state index in [1.807, 2.05) is 0 Å². The van der Waals surface area contributed by atoms with E-state index in [-0.39, 0.29) is 6.29 Å². The number of alkyl halides is 1. The third-order valence-electron chi connectivity index (χ3n) is 0.972. The SMILES string of the molecule is ClCCOC1COCO1. The minimum Gasteiger partial charge on any atom is -0.350 e. The molecule has 0 spiro atoms. The Balaban J connectivity index is 1.98. The van der Waals surface area contributed by atoms with Crippen LogP contribution in [0.15, 0.2) is 0 Å². The lowest BCUT2D eigenvalue weighted by Gasteiger charge is -2.05. The summed E-state index contributed by atoms with van der Waals surface area (Å²) >= 11 is 5.36. The first-order chi connectivity index (χ1) is 4.43. The molecule has 1 heterocycles. The van der Waals surface area contributed by atoms with Gasteiger partial charge < -0.3 is 14.2 Å². The molecule has 3 nitrogen and oxygen atoms in total. The van der Waals surface area contributed by atoms with Crippen molar-refractivity contribution in [3.8, 4) is 0 Å². The van der Waals surface area contributed by atoms with Crippen LogP contribution < -0.4 is 0 Å². The average Bonchev–Trinajstić information content (AvgIpc) is 2.34. The number of halogens is 1. The van der Waals surface area contributed by atoms with Crippen molar-refractivity contribution in [3.63, 3.8) is 0 Å². The van der Waals surface area contributed by atoms with Gasteiger partial charge in [0, 0.05) is 5.88 Å². The molecule has 4 heteroatoms. The fourth-order valence-electron chi connectivity index (χ4n) is 0.589. The Labute approximate surface area is 58.8 Å². The molecule has 0 aliphatic carbocycles. The van der Waals surface area contributed by atoms with Gasteiger partial charge in [-0.2, -0.15) is 0 Å². The molecule has 1 atom stereocenters. The third-order valence-corrected chi connectivity index (χ3v) is 1.13. The van der Waals surface area contributed by atoms with E-state index in [1.165, 1.54) is 0 Å². The predicted octanol–water partition coefficient (Wildman–Crippen LogP) is 0.572. The van der Waals surface area contributed by atoms with E-state index in [0.29, 0.717) is 25.9 Å². The number of ether oxygens (including phenoxy) is 3. The standard InChI is InChI=1S/C5H9ClO3/c6-1-2-8-5-3-7-4-9-5/h5H,1-4H2. The van der Waals surface area contributed by atoms with Crippen LogP contribution in [0.1, 0.15) is 0 Å². The van der Waals surface area contributed by atoms with Crippen molar-refractivity contribution in [3.05, 3.63) is 0 Å². The molecule has 0 aromatic rings. The maximum Gasteiger partial charge on any atom is 0.183 e. The summed E-state index contributed by atoms with van der Waals surface area (Å²) in [5, 5.41) is 0. The lowest BCUT2D eigenvalue weighted by atomic mass is 10.7. The quantitative estimate of drug-likeness (QED) is 0.554. The summed E-state index contributed by atoms with van der Waals surface area (Å²) in [6, 6.07) is 0. The summed E-state index contributed by atoms with van der Waals surface area (Å²) in [6.45, 7) is 1.39. The molecular weight excluding hydrogens is 144 g/mol. The lowest BCUT2D eigenvalue weighted by Crippen LogP contribution is -2.15. The predicted molar refractivity (Wildman–Crippen MR) is 32.4 cm³/mol. The zero-order valence-corrected chi connectivity index (χ0v) is 5.76. The second kappa shape index (κ2) is 4.06. The van der Waals surface area contributed by atoms with Crippen molar-refractivity contribution in [1.82, 2.24) is 0 Å². The second-order valence-electron chi connectivity index (χ2n) is 1.64. The fourth-order valence-corrected chi connectivity index (χ4v) is 0.678. The maximum absolute atomic E-state index is 5.36. The zero-order chi connectivity index (χ0) is 6.53. The van der Waals surface area contributed by atoms with Gasteiger partial charge in [0.1, 0.15) is 13.4 Å². The Bertz CT molecular complexity index is 72.6. The van der Waals surface area contributed by atoms with E-state index < -0.39 is 0 Å². The van der Waals surface area contributed by atoms with Crippen LogP contribution in [0.2, 0.25) is 0 Å². The van der Waals surface area contributed by atoms with E-state index in [4.69, 9.17) is 25.8 Å². The Kier molecular flexibility index (Phi) is 3.28. The van der Waals surface area contributed by atoms with Crippen molar-refractivity contribution in [2.45, 2.75) is 6.29 Å². The van der Waals surface area contributed by atoms with Gasteiger partial charge >= 0.3 is 0 Å². The van der Waals surface area contributed by atoms with Crippen LogP contribution in [0, 0.1) is 0 Å². The minimum absolute atomic E-state index is 0.191. The maximum atomic E-state index is 5.36. The highest BCUT2D eigenvalue weighted by molar-refractivity contribution is 6.17. The topological polar surface area (TPSA) is 27.7 Å². The normalized spacial score (nSPS) is 27.0. The summed E-state index contributed by atoms with van der Waals surface area (Å²) in [5.74, 6) is 0.500. The van der Waals surface area contributed by atoms with Crippen LogP contribution in [-0.2, 0) is 14.2 Å². The smallest absolute Gasteiger partial charge is 0.183 e. The molecule has 0 N–H and O–H groups in total. The summed E-state index contributed by atoms with van der Waals surface area (Å²) in [7, 11) is 0. The highest BCUT2D eigenvalue weighted by Crippen LogP contribution is 2.03. The molecule has 0 aromatic heterocycles. The first kappa shape index (κ1) is 7.28. The van der Waals surface area contributed by atoms with Gasteiger partial charge in [-0.05, 0) is 0 Å². The molecular formula is C5H9ClO3. The Morgan fingerprint density at radius 2 is 2.56 bits per heavy atom. The van der Waals surface area contributed by atoms with Crippen LogP contribution in [-0.4, -0.2) is 32.2 Å². The van der Waals surface area contributed by atoms with Crippen molar-refractivity contribution in [1.29, 1.82) is 0 Å². The van der Waals surface area contributed by atoms with Crippen molar-refractivity contribution in [2.24, 2.45) is 0 Å². The molecule has 0 saturated carbocycles. The first-order valence-corrected chi connectivity index (χ1v) is 3.34. The van der Waals surface area contributed by atoms with Crippen LogP contribution in [0.5, 0.6) is 0 Å². The van der Waals surface area contributed by atoms with Crippen molar-refractivity contribution in [2.75, 3.05) is 25.9 Å². The van der Waals surface area contributed by atoms with E-state index in [1.54, 1.807) is 0 Å². The largest absolute Gasteiger partial charge is 0.350 e.